The number of carbonyl (C=O) groups is 1. The Morgan fingerprint density at radius 2 is 2.55 bits per heavy atom. The zero-order valence-corrected chi connectivity index (χ0v) is 7.89. The van der Waals surface area contributed by atoms with Crippen molar-refractivity contribution < 1.29 is 4.79 Å². The molecule has 0 radical (unpaired) electrons. The van der Waals surface area contributed by atoms with Crippen molar-refractivity contribution in [2.45, 2.75) is 18.2 Å². The molecule has 3 heteroatoms. The van der Waals surface area contributed by atoms with Crippen LogP contribution in [0.25, 0.3) is 0 Å². The molecule has 0 fully saturated rings. The second kappa shape index (κ2) is 3.72. The Morgan fingerprint density at radius 3 is 3.00 bits per heavy atom. The molecule has 0 aliphatic carbocycles. The summed E-state index contributed by atoms with van der Waals surface area (Å²) in [6.07, 6.45) is 4.29. The fraction of sp³-hybridized carbons (Fsp3) is 0.375. The number of H-pyrrole nitrogens is 1. The van der Waals surface area contributed by atoms with Crippen LogP contribution in [0.3, 0.4) is 0 Å². The maximum Gasteiger partial charge on any atom is 0.177 e. The molecule has 0 aliphatic rings. The minimum atomic E-state index is -0.0432. The predicted octanol–water partition coefficient (Wildman–Crippen LogP) is 2.37. The molecular formula is C8H10BrNO. The summed E-state index contributed by atoms with van der Waals surface area (Å²) in [5, 5.41) is 0. The third-order valence-corrected chi connectivity index (χ3v) is 2.59. The van der Waals surface area contributed by atoms with E-state index in [1.807, 2.05) is 6.92 Å². The highest BCUT2D eigenvalue weighted by Crippen LogP contribution is 2.12. The highest BCUT2D eigenvalue weighted by atomic mass is 79.9. The monoisotopic (exact) mass is 215 g/mol. The van der Waals surface area contributed by atoms with Gasteiger partial charge in [0.2, 0.25) is 0 Å². The summed E-state index contributed by atoms with van der Waals surface area (Å²) in [4.78, 5) is 14.2. The number of hydrogen-bond donors (Lipinski definition) is 1. The molecule has 1 N–H and O–H groups in total. The van der Waals surface area contributed by atoms with Gasteiger partial charge in [-0.15, -0.1) is 0 Å². The minimum absolute atomic E-state index is 0.0432. The Labute approximate surface area is 74.1 Å². The lowest BCUT2D eigenvalue weighted by Crippen LogP contribution is -2.11. The van der Waals surface area contributed by atoms with Gasteiger partial charge in [-0.2, -0.15) is 0 Å². The van der Waals surface area contributed by atoms with Crippen molar-refractivity contribution in [3.05, 3.63) is 24.0 Å². The van der Waals surface area contributed by atoms with Gasteiger partial charge in [-0.25, -0.2) is 0 Å². The summed E-state index contributed by atoms with van der Waals surface area (Å²) in [6.45, 7) is 1.98. The SMILES string of the molecule is CCC(Br)C(=O)c1cc[nH]c1. The summed E-state index contributed by atoms with van der Waals surface area (Å²) >= 11 is 3.30. The molecule has 0 saturated heterocycles. The Morgan fingerprint density at radius 1 is 1.82 bits per heavy atom. The van der Waals surface area contributed by atoms with E-state index in [2.05, 4.69) is 20.9 Å². The molecule has 0 amide bonds. The molecule has 1 aromatic rings. The molecule has 1 rings (SSSR count). The van der Waals surface area contributed by atoms with Crippen LogP contribution in [0.5, 0.6) is 0 Å². The summed E-state index contributed by atoms with van der Waals surface area (Å²) in [7, 11) is 0. The first kappa shape index (κ1) is 8.53. The molecule has 60 valence electrons. The second-order valence-corrected chi connectivity index (χ2v) is 3.45. The van der Waals surface area contributed by atoms with Crippen LogP contribution in [-0.4, -0.2) is 15.6 Å². The quantitative estimate of drug-likeness (QED) is 0.610. The van der Waals surface area contributed by atoms with Gasteiger partial charge in [-0.3, -0.25) is 4.79 Å². The number of Topliss-reactive ketones (excluding diaryl/α,β-unsaturated/α-hetero) is 1. The van der Waals surface area contributed by atoms with Crippen molar-refractivity contribution in [2.75, 3.05) is 0 Å². The number of alkyl halides is 1. The Bertz CT molecular complexity index is 230. The highest BCUT2D eigenvalue weighted by molar-refractivity contribution is 9.10. The zero-order chi connectivity index (χ0) is 8.27. The van der Waals surface area contributed by atoms with Gasteiger partial charge in [0.1, 0.15) is 0 Å². The van der Waals surface area contributed by atoms with Crippen molar-refractivity contribution in [3.8, 4) is 0 Å². The van der Waals surface area contributed by atoms with Gasteiger partial charge in [0.15, 0.2) is 5.78 Å². The predicted molar refractivity (Wildman–Crippen MR) is 48.1 cm³/mol. The van der Waals surface area contributed by atoms with E-state index in [4.69, 9.17) is 0 Å². The van der Waals surface area contributed by atoms with E-state index in [0.29, 0.717) is 0 Å². The average Bonchev–Trinajstić information content (AvgIpc) is 2.53. The third kappa shape index (κ3) is 1.93. The number of aromatic nitrogens is 1. The maximum atomic E-state index is 11.4. The topological polar surface area (TPSA) is 32.9 Å². The average molecular weight is 216 g/mol. The minimum Gasteiger partial charge on any atom is -0.367 e. The molecule has 1 heterocycles. The molecule has 1 unspecified atom stereocenters. The molecule has 2 nitrogen and oxygen atoms in total. The summed E-state index contributed by atoms with van der Waals surface area (Å²) < 4.78 is 0. The Hall–Kier alpha value is -0.570. The molecule has 0 aliphatic heterocycles. The third-order valence-electron chi connectivity index (χ3n) is 1.53. The van der Waals surface area contributed by atoms with E-state index >= 15 is 0 Å². The van der Waals surface area contributed by atoms with Crippen LogP contribution in [-0.2, 0) is 0 Å². The van der Waals surface area contributed by atoms with Gasteiger partial charge >= 0.3 is 0 Å². The molecule has 0 bridgehead atoms. The first-order valence-electron chi connectivity index (χ1n) is 3.56. The van der Waals surface area contributed by atoms with Crippen molar-refractivity contribution >= 4 is 21.7 Å². The zero-order valence-electron chi connectivity index (χ0n) is 6.30. The summed E-state index contributed by atoms with van der Waals surface area (Å²) in [5.74, 6) is 0.147. The first-order chi connectivity index (χ1) is 5.25. The fourth-order valence-electron chi connectivity index (χ4n) is 0.843. The first-order valence-corrected chi connectivity index (χ1v) is 4.48. The number of hydrogen-bond acceptors (Lipinski definition) is 1. The molecule has 0 aromatic carbocycles. The standard InChI is InChI=1S/C8H10BrNO/c1-2-7(9)8(11)6-3-4-10-5-6/h3-5,7,10H,2H2,1H3. The lowest BCUT2D eigenvalue weighted by atomic mass is 10.1. The van der Waals surface area contributed by atoms with E-state index in [9.17, 15) is 4.79 Å². The van der Waals surface area contributed by atoms with Gasteiger partial charge < -0.3 is 4.98 Å². The largest absolute Gasteiger partial charge is 0.367 e. The van der Waals surface area contributed by atoms with Crippen molar-refractivity contribution in [1.82, 2.24) is 4.98 Å². The van der Waals surface area contributed by atoms with Crippen molar-refractivity contribution in [1.29, 1.82) is 0 Å². The highest BCUT2D eigenvalue weighted by Gasteiger charge is 2.14. The molecule has 1 aromatic heterocycles. The Balaban J connectivity index is 2.70. The molecule has 0 spiro atoms. The van der Waals surface area contributed by atoms with Crippen LogP contribution < -0.4 is 0 Å². The van der Waals surface area contributed by atoms with Gasteiger partial charge in [-0.1, -0.05) is 22.9 Å². The molecule has 1 atom stereocenters. The van der Waals surface area contributed by atoms with Gasteiger partial charge in [-0.05, 0) is 12.5 Å². The summed E-state index contributed by atoms with van der Waals surface area (Å²) in [6, 6.07) is 1.78. The van der Waals surface area contributed by atoms with Crippen LogP contribution in [0.15, 0.2) is 18.5 Å². The van der Waals surface area contributed by atoms with Crippen molar-refractivity contribution in [2.24, 2.45) is 0 Å². The van der Waals surface area contributed by atoms with Crippen LogP contribution in [0, 0.1) is 0 Å². The normalized spacial score (nSPS) is 12.9. The van der Waals surface area contributed by atoms with Crippen LogP contribution in [0.4, 0.5) is 0 Å². The number of nitrogens with one attached hydrogen (secondary N) is 1. The second-order valence-electron chi connectivity index (χ2n) is 2.34. The van der Waals surface area contributed by atoms with Crippen LogP contribution >= 0.6 is 15.9 Å². The van der Waals surface area contributed by atoms with Crippen LogP contribution in [0.1, 0.15) is 23.7 Å². The van der Waals surface area contributed by atoms with E-state index in [1.54, 1.807) is 18.5 Å². The van der Waals surface area contributed by atoms with E-state index in [0.717, 1.165) is 12.0 Å². The molecule has 0 saturated carbocycles. The van der Waals surface area contributed by atoms with Crippen molar-refractivity contribution in [3.63, 3.8) is 0 Å². The summed E-state index contributed by atoms with van der Waals surface area (Å²) in [5.41, 5.74) is 0.744. The lowest BCUT2D eigenvalue weighted by molar-refractivity contribution is 0.0990. The van der Waals surface area contributed by atoms with E-state index in [1.165, 1.54) is 0 Å². The van der Waals surface area contributed by atoms with Gasteiger partial charge in [0.05, 0.1) is 4.83 Å². The van der Waals surface area contributed by atoms with E-state index in [-0.39, 0.29) is 10.6 Å². The fourth-order valence-corrected chi connectivity index (χ4v) is 1.11. The molecule has 11 heavy (non-hydrogen) atoms. The maximum absolute atomic E-state index is 11.4. The van der Waals surface area contributed by atoms with Crippen LogP contribution in [0.2, 0.25) is 0 Å². The molecular weight excluding hydrogens is 206 g/mol. The Kier molecular flexibility index (Phi) is 2.88. The number of aromatic amines is 1. The number of ketones is 1. The van der Waals surface area contributed by atoms with Gasteiger partial charge in [0, 0.05) is 18.0 Å². The van der Waals surface area contributed by atoms with Gasteiger partial charge in [0.25, 0.3) is 0 Å². The number of halogens is 1. The smallest absolute Gasteiger partial charge is 0.177 e. The number of carbonyl (C=O) groups excluding carboxylic acids is 1. The number of rotatable bonds is 3. The van der Waals surface area contributed by atoms with E-state index < -0.39 is 0 Å². The lowest BCUT2D eigenvalue weighted by Gasteiger charge is -2.01.